The molecule has 0 bridgehead atoms. The first-order chi connectivity index (χ1) is 8.53. The number of ether oxygens (including phenoxy) is 1. The number of anilines is 1. The van der Waals surface area contributed by atoms with Crippen LogP contribution < -0.4 is 10.1 Å². The molecule has 1 aliphatic heterocycles. The maximum Gasteiger partial charge on any atom is 0.141 e. The summed E-state index contributed by atoms with van der Waals surface area (Å²) >= 11 is 2.04. The highest BCUT2D eigenvalue weighted by Crippen LogP contribution is 2.37. The van der Waals surface area contributed by atoms with Crippen LogP contribution in [0.25, 0.3) is 0 Å². The summed E-state index contributed by atoms with van der Waals surface area (Å²) in [5, 5.41) is 3.69. The van der Waals surface area contributed by atoms with Crippen LogP contribution >= 0.6 is 11.8 Å². The van der Waals surface area contributed by atoms with Crippen LogP contribution in [0.2, 0.25) is 0 Å². The molecule has 1 aromatic rings. The van der Waals surface area contributed by atoms with Gasteiger partial charge in [-0.25, -0.2) is 0 Å². The fraction of sp³-hybridized carbons (Fsp3) is 0.600. The van der Waals surface area contributed by atoms with E-state index >= 15 is 0 Å². The highest BCUT2D eigenvalue weighted by molar-refractivity contribution is 7.99. The number of thioether (sulfide) groups is 1. The molecule has 0 saturated carbocycles. The lowest BCUT2D eigenvalue weighted by atomic mass is 9.82. The van der Waals surface area contributed by atoms with Gasteiger partial charge in [-0.3, -0.25) is 0 Å². The summed E-state index contributed by atoms with van der Waals surface area (Å²) in [5.41, 5.74) is 2.73. The molecular weight excluding hydrogens is 242 g/mol. The van der Waals surface area contributed by atoms with Crippen molar-refractivity contribution in [1.82, 2.24) is 0 Å². The minimum absolute atomic E-state index is 0.347. The largest absolute Gasteiger partial charge is 0.495 e. The van der Waals surface area contributed by atoms with Gasteiger partial charge in [0, 0.05) is 11.8 Å². The van der Waals surface area contributed by atoms with Crippen molar-refractivity contribution in [2.24, 2.45) is 5.41 Å². The molecule has 0 amide bonds. The Morgan fingerprint density at radius 3 is 2.83 bits per heavy atom. The second-order valence-corrected chi connectivity index (χ2v) is 6.86. The van der Waals surface area contributed by atoms with Gasteiger partial charge in [-0.15, -0.1) is 0 Å². The van der Waals surface area contributed by atoms with E-state index in [1.54, 1.807) is 7.11 Å². The van der Waals surface area contributed by atoms with Gasteiger partial charge >= 0.3 is 0 Å². The van der Waals surface area contributed by atoms with Gasteiger partial charge in [0.05, 0.1) is 12.8 Å². The molecule has 2 nitrogen and oxygen atoms in total. The van der Waals surface area contributed by atoms with Crippen LogP contribution in [0.3, 0.4) is 0 Å². The molecule has 18 heavy (non-hydrogen) atoms. The summed E-state index contributed by atoms with van der Waals surface area (Å²) in [7, 11) is 1.73. The summed E-state index contributed by atoms with van der Waals surface area (Å²) in [5.74, 6) is 3.38. The molecule has 1 aliphatic rings. The normalized spacial score (nSPS) is 22.6. The lowest BCUT2D eigenvalue weighted by molar-refractivity contribution is 0.304. The fourth-order valence-corrected chi connectivity index (χ4v) is 3.90. The molecule has 1 saturated heterocycles. The monoisotopic (exact) mass is 265 g/mol. The Labute approximate surface area is 114 Å². The second kappa shape index (κ2) is 5.43. The molecule has 1 atom stereocenters. The first kappa shape index (κ1) is 13.6. The lowest BCUT2D eigenvalue weighted by Crippen LogP contribution is -2.41. The van der Waals surface area contributed by atoms with Gasteiger partial charge in [0.2, 0.25) is 0 Å². The summed E-state index contributed by atoms with van der Waals surface area (Å²) in [6.07, 6.45) is 1.27. The Bertz CT molecular complexity index is 417. The number of aryl methyl sites for hydroxylation is 1. The molecule has 0 aliphatic carbocycles. The molecule has 1 N–H and O–H groups in total. The van der Waals surface area contributed by atoms with Gasteiger partial charge in [-0.1, -0.05) is 19.9 Å². The molecule has 0 aromatic heterocycles. The highest BCUT2D eigenvalue weighted by atomic mass is 32.2. The van der Waals surface area contributed by atoms with E-state index in [0.29, 0.717) is 11.5 Å². The van der Waals surface area contributed by atoms with Gasteiger partial charge in [-0.2, -0.15) is 11.8 Å². The molecule has 0 spiro atoms. The van der Waals surface area contributed by atoms with Crippen LogP contribution in [0.4, 0.5) is 5.69 Å². The van der Waals surface area contributed by atoms with Gasteiger partial charge < -0.3 is 10.1 Å². The quantitative estimate of drug-likeness (QED) is 0.894. The number of hydrogen-bond acceptors (Lipinski definition) is 3. The zero-order chi connectivity index (χ0) is 13.2. The molecule has 1 aromatic carbocycles. The van der Waals surface area contributed by atoms with E-state index in [-0.39, 0.29) is 0 Å². The Morgan fingerprint density at radius 2 is 2.17 bits per heavy atom. The average Bonchev–Trinajstić information content (AvgIpc) is 2.32. The molecule has 100 valence electrons. The zero-order valence-corrected chi connectivity index (χ0v) is 12.6. The molecular formula is C15H23NOS. The Kier molecular flexibility index (Phi) is 4.10. The average molecular weight is 265 g/mol. The third kappa shape index (κ3) is 2.94. The van der Waals surface area contributed by atoms with E-state index < -0.39 is 0 Å². The minimum Gasteiger partial charge on any atom is -0.495 e. The van der Waals surface area contributed by atoms with Crippen molar-refractivity contribution in [2.45, 2.75) is 33.2 Å². The first-order valence-corrected chi connectivity index (χ1v) is 7.67. The van der Waals surface area contributed by atoms with Crippen LogP contribution in [-0.4, -0.2) is 24.7 Å². The number of benzene rings is 1. The smallest absolute Gasteiger partial charge is 0.141 e. The summed E-state index contributed by atoms with van der Waals surface area (Å²) in [6, 6.07) is 6.81. The molecule has 0 radical (unpaired) electrons. The van der Waals surface area contributed by atoms with Crippen molar-refractivity contribution in [3.05, 3.63) is 23.8 Å². The van der Waals surface area contributed by atoms with Crippen LogP contribution in [0.5, 0.6) is 5.75 Å². The summed E-state index contributed by atoms with van der Waals surface area (Å²) in [4.78, 5) is 0. The topological polar surface area (TPSA) is 21.3 Å². The molecule has 2 rings (SSSR count). The van der Waals surface area contributed by atoms with Crippen molar-refractivity contribution in [2.75, 3.05) is 23.9 Å². The van der Waals surface area contributed by atoms with Crippen molar-refractivity contribution in [3.8, 4) is 5.75 Å². The van der Waals surface area contributed by atoms with E-state index in [0.717, 1.165) is 11.4 Å². The van der Waals surface area contributed by atoms with Crippen LogP contribution in [-0.2, 0) is 0 Å². The van der Waals surface area contributed by atoms with Crippen LogP contribution in [0.1, 0.15) is 25.8 Å². The summed E-state index contributed by atoms with van der Waals surface area (Å²) in [6.45, 7) is 6.82. The Morgan fingerprint density at radius 1 is 1.39 bits per heavy atom. The Balaban J connectivity index is 2.19. The van der Waals surface area contributed by atoms with E-state index in [2.05, 4.69) is 38.2 Å². The van der Waals surface area contributed by atoms with E-state index in [4.69, 9.17) is 4.74 Å². The van der Waals surface area contributed by atoms with Gasteiger partial charge in [0.1, 0.15) is 5.75 Å². The fourth-order valence-electron chi connectivity index (χ4n) is 2.30. The van der Waals surface area contributed by atoms with Crippen LogP contribution in [0.15, 0.2) is 18.2 Å². The maximum absolute atomic E-state index is 5.44. The van der Waals surface area contributed by atoms with Crippen molar-refractivity contribution >= 4 is 17.4 Å². The van der Waals surface area contributed by atoms with E-state index in [9.17, 15) is 0 Å². The molecule has 1 heterocycles. The van der Waals surface area contributed by atoms with Gasteiger partial charge in [0.15, 0.2) is 0 Å². The Hall–Kier alpha value is -0.830. The standard InChI is InChI=1S/C15H23NOS/c1-11-5-6-13(17-4)12(9-11)16-14-10-18-8-7-15(14,2)3/h5-6,9,14,16H,7-8,10H2,1-4H3. The molecule has 1 unspecified atom stereocenters. The zero-order valence-electron chi connectivity index (χ0n) is 11.7. The third-order valence-electron chi connectivity index (χ3n) is 3.80. The number of nitrogens with one attached hydrogen (secondary N) is 1. The first-order valence-electron chi connectivity index (χ1n) is 6.52. The predicted octanol–water partition coefficient (Wildman–Crippen LogP) is 3.95. The number of rotatable bonds is 3. The third-order valence-corrected chi connectivity index (χ3v) is 4.87. The van der Waals surface area contributed by atoms with Crippen molar-refractivity contribution in [1.29, 1.82) is 0 Å². The highest BCUT2D eigenvalue weighted by Gasteiger charge is 2.32. The lowest BCUT2D eigenvalue weighted by Gasteiger charge is -2.39. The van der Waals surface area contributed by atoms with Crippen LogP contribution in [0, 0.1) is 12.3 Å². The van der Waals surface area contributed by atoms with E-state index in [1.807, 2.05) is 17.8 Å². The van der Waals surface area contributed by atoms with Gasteiger partial charge in [-0.05, 0) is 42.2 Å². The minimum atomic E-state index is 0.347. The summed E-state index contributed by atoms with van der Waals surface area (Å²) < 4.78 is 5.44. The SMILES string of the molecule is COc1ccc(C)cc1NC1CSCCC1(C)C. The van der Waals surface area contributed by atoms with E-state index in [1.165, 1.54) is 23.5 Å². The second-order valence-electron chi connectivity index (χ2n) is 5.71. The van der Waals surface area contributed by atoms with Crippen molar-refractivity contribution < 1.29 is 4.74 Å². The maximum atomic E-state index is 5.44. The van der Waals surface area contributed by atoms with Crippen molar-refractivity contribution in [3.63, 3.8) is 0 Å². The molecule has 3 heteroatoms. The number of hydrogen-bond donors (Lipinski definition) is 1. The van der Waals surface area contributed by atoms with Gasteiger partial charge in [0.25, 0.3) is 0 Å². The number of methoxy groups -OCH3 is 1. The predicted molar refractivity (Wildman–Crippen MR) is 80.9 cm³/mol. The molecule has 1 fully saturated rings.